The van der Waals surface area contributed by atoms with Gasteiger partial charge in [-0.1, -0.05) is 26.0 Å². The van der Waals surface area contributed by atoms with Gasteiger partial charge in [-0.3, -0.25) is 0 Å². The van der Waals surface area contributed by atoms with E-state index in [2.05, 4.69) is 0 Å². The van der Waals surface area contributed by atoms with Gasteiger partial charge in [-0.25, -0.2) is 0 Å². The van der Waals surface area contributed by atoms with Crippen LogP contribution in [0.15, 0.2) is 24.3 Å². The van der Waals surface area contributed by atoms with Crippen molar-refractivity contribution >= 4 is 0 Å². The lowest BCUT2D eigenvalue weighted by molar-refractivity contribution is 0.254. The molecule has 1 saturated heterocycles. The van der Waals surface area contributed by atoms with Crippen LogP contribution in [0.3, 0.4) is 0 Å². The molecule has 1 atom stereocenters. The molecule has 14 heavy (non-hydrogen) atoms. The van der Waals surface area contributed by atoms with Crippen molar-refractivity contribution in [3.05, 3.63) is 24.3 Å². The zero-order chi connectivity index (χ0) is 10.4. The zero-order valence-corrected chi connectivity index (χ0v) is 8.56. The number of hydrogen-bond donors (Lipinski definition) is 1. The first-order chi connectivity index (χ1) is 6.86. The number of ether oxygens (including phenoxy) is 2. The van der Waals surface area contributed by atoms with Crippen molar-refractivity contribution in [2.45, 2.75) is 20.0 Å². The molecule has 0 aromatic heterocycles. The van der Waals surface area contributed by atoms with Crippen LogP contribution in [0.2, 0.25) is 0 Å². The van der Waals surface area contributed by atoms with E-state index in [1.807, 2.05) is 19.9 Å². The maximum absolute atomic E-state index is 9.28. The van der Waals surface area contributed by atoms with Gasteiger partial charge in [0.2, 0.25) is 0 Å². The van der Waals surface area contributed by atoms with E-state index in [-0.39, 0.29) is 11.9 Å². The molecule has 0 radical (unpaired) electrons. The van der Waals surface area contributed by atoms with Gasteiger partial charge in [0.1, 0.15) is 12.7 Å². The van der Waals surface area contributed by atoms with Gasteiger partial charge >= 0.3 is 0 Å². The standard InChI is InChI=1S/C9H10O3.C2H6/c10-8-3-1-2-4-9(8)12-6-7-5-11-7;1-2/h1-4,7,10H,5-6H2;1-2H3. The molecule has 1 fully saturated rings. The highest BCUT2D eigenvalue weighted by molar-refractivity contribution is 5.37. The lowest BCUT2D eigenvalue weighted by Gasteiger charge is -2.04. The summed E-state index contributed by atoms with van der Waals surface area (Å²) in [5.41, 5.74) is 0. The molecule has 1 heterocycles. The third kappa shape index (κ3) is 3.26. The predicted molar refractivity (Wildman–Crippen MR) is 54.7 cm³/mol. The Morgan fingerprint density at radius 3 is 2.64 bits per heavy atom. The average molecular weight is 196 g/mol. The largest absolute Gasteiger partial charge is 0.504 e. The van der Waals surface area contributed by atoms with E-state index >= 15 is 0 Å². The lowest BCUT2D eigenvalue weighted by Crippen LogP contribution is -2.03. The van der Waals surface area contributed by atoms with Crippen molar-refractivity contribution in [2.24, 2.45) is 0 Å². The van der Waals surface area contributed by atoms with E-state index in [1.54, 1.807) is 18.2 Å². The van der Waals surface area contributed by atoms with Crippen molar-refractivity contribution in [3.63, 3.8) is 0 Å². The Kier molecular flexibility index (Phi) is 4.26. The van der Waals surface area contributed by atoms with Crippen LogP contribution < -0.4 is 4.74 Å². The summed E-state index contributed by atoms with van der Waals surface area (Å²) in [5, 5.41) is 9.28. The minimum atomic E-state index is 0.179. The van der Waals surface area contributed by atoms with E-state index < -0.39 is 0 Å². The van der Waals surface area contributed by atoms with Crippen molar-refractivity contribution in [3.8, 4) is 11.5 Å². The van der Waals surface area contributed by atoms with Crippen LogP contribution >= 0.6 is 0 Å². The minimum absolute atomic E-state index is 0.179. The minimum Gasteiger partial charge on any atom is -0.504 e. The summed E-state index contributed by atoms with van der Waals surface area (Å²) < 4.78 is 10.2. The van der Waals surface area contributed by atoms with E-state index in [0.717, 1.165) is 6.61 Å². The number of phenolic OH excluding ortho intramolecular Hbond substituents is 1. The summed E-state index contributed by atoms with van der Waals surface area (Å²) in [5.74, 6) is 0.700. The van der Waals surface area contributed by atoms with E-state index in [1.165, 1.54) is 0 Å². The number of phenols is 1. The fourth-order valence-corrected chi connectivity index (χ4v) is 0.926. The van der Waals surface area contributed by atoms with Crippen molar-refractivity contribution in [1.29, 1.82) is 0 Å². The number of rotatable bonds is 3. The Hall–Kier alpha value is -1.22. The molecule has 1 N–H and O–H groups in total. The van der Waals surface area contributed by atoms with Gasteiger partial charge in [-0.05, 0) is 12.1 Å². The van der Waals surface area contributed by atoms with Gasteiger partial charge in [-0.2, -0.15) is 0 Å². The number of aromatic hydroxyl groups is 1. The molecule has 3 nitrogen and oxygen atoms in total. The van der Waals surface area contributed by atoms with E-state index in [9.17, 15) is 5.11 Å². The number of para-hydroxylation sites is 2. The monoisotopic (exact) mass is 196 g/mol. The zero-order valence-electron chi connectivity index (χ0n) is 8.56. The SMILES string of the molecule is CC.Oc1ccccc1OCC1CO1. The molecule has 78 valence electrons. The van der Waals surface area contributed by atoms with Crippen molar-refractivity contribution < 1.29 is 14.6 Å². The maximum Gasteiger partial charge on any atom is 0.161 e. The topological polar surface area (TPSA) is 42.0 Å². The van der Waals surface area contributed by atoms with Crippen LogP contribution in [0, 0.1) is 0 Å². The summed E-state index contributed by atoms with van der Waals surface area (Å²) in [6.45, 7) is 5.30. The van der Waals surface area contributed by atoms with Gasteiger partial charge in [0.25, 0.3) is 0 Å². The predicted octanol–water partition coefficient (Wildman–Crippen LogP) is 2.20. The molecule has 3 heteroatoms. The molecule has 1 aromatic carbocycles. The quantitative estimate of drug-likeness (QED) is 0.753. The second-order valence-corrected chi connectivity index (χ2v) is 2.73. The molecule has 1 aliphatic heterocycles. The van der Waals surface area contributed by atoms with Crippen molar-refractivity contribution in [2.75, 3.05) is 13.2 Å². The van der Waals surface area contributed by atoms with Gasteiger partial charge in [-0.15, -0.1) is 0 Å². The third-order valence-corrected chi connectivity index (χ3v) is 1.69. The first kappa shape index (κ1) is 10.9. The molecule has 0 spiro atoms. The van der Waals surface area contributed by atoms with E-state index in [0.29, 0.717) is 12.4 Å². The highest BCUT2D eigenvalue weighted by Gasteiger charge is 2.23. The second-order valence-electron chi connectivity index (χ2n) is 2.73. The van der Waals surface area contributed by atoms with Crippen LogP contribution in [0.1, 0.15) is 13.8 Å². The van der Waals surface area contributed by atoms with Crippen molar-refractivity contribution in [1.82, 2.24) is 0 Å². The van der Waals surface area contributed by atoms with Crippen LogP contribution in [0.4, 0.5) is 0 Å². The Morgan fingerprint density at radius 2 is 2.07 bits per heavy atom. The lowest BCUT2D eigenvalue weighted by atomic mass is 10.3. The summed E-state index contributed by atoms with van der Waals surface area (Å²) >= 11 is 0. The third-order valence-electron chi connectivity index (χ3n) is 1.69. The Balaban J connectivity index is 0.000000461. The van der Waals surface area contributed by atoms with Gasteiger partial charge in [0.05, 0.1) is 6.61 Å². The Bertz CT molecular complexity index is 269. The fourth-order valence-electron chi connectivity index (χ4n) is 0.926. The molecular formula is C11H16O3. The number of epoxide rings is 1. The van der Waals surface area contributed by atoms with E-state index in [4.69, 9.17) is 9.47 Å². The second kappa shape index (κ2) is 5.50. The molecule has 0 saturated carbocycles. The summed E-state index contributed by atoms with van der Waals surface area (Å²) in [6, 6.07) is 6.92. The van der Waals surface area contributed by atoms with Crippen LogP contribution in [-0.2, 0) is 4.74 Å². The number of benzene rings is 1. The highest BCUT2D eigenvalue weighted by atomic mass is 16.6. The normalized spacial score (nSPS) is 18.0. The van der Waals surface area contributed by atoms with Crippen LogP contribution in [-0.4, -0.2) is 24.4 Å². The summed E-state index contributed by atoms with van der Waals surface area (Å²) in [7, 11) is 0. The maximum atomic E-state index is 9.28. The molecule has 0 amide bonds. The van der Waals surface area contributed by atoms with Gasteiger partial charge in [0.15, 0.2) is 11.5 Å². The highest BCUT2D eigenvalue weighted by Crippen LogP contribution is 2.25. The molecule has 1 aliphatic rings. The molecular weight excluding hydrogens is 180 g/mol. The number of hydrogen-bond acceptors (Lipinski definition) is 3. The van der Waals surface area contributed by atoms with Crippen LogP contribution in [0.25, 0.3) is 0 Å². The molecule has 0 bridgehead atoms. The molecule has 0 aliphatic carbocycles. The smallest absolute Gasteiger partial charge is 0.161 e. The summed E-state index contributed by atoms with van der Waals surface area (Å²) in [6.07, 6.45) is 0.226. The molecule has 2 rings (SSSR count). The fraction of sp³-hybridized carbons (Fsp3) is 0.455. The first-order valence-electron chi connectivity index (χ1n) is 4.88. The summed E-state index contributed by atoms with van der Waals surface area (Å²) in [4.78, 5) is 0. The van der Waals surface area contributed by atoms with Gasteiger partial charge in [0, 0.05) is 0 Å². The average Bonchev–Trinajstić information content (AvgIpc) is 3.04. The Morgan fingerprint density at radius 1 is 1.43 bits per heavy atom. The Labute approximate surface area is 84.3 Å². The molecule has 1 unspecified atom stereocenters. The first-order valence-corrected chi connectivity index (χ1v) is 4.88. The van der Waals surface area contributed by atoms with Gasteiger partial charge < -0.3 is 14.6 Å². The molecule has 1 aromatic rings. The van der Waals surface area contributed by atoms with Crippen LogP contribution in [0.5, 0.6) is 11.5 Å².